The van der Waals surface area contributed by atoms with Gasteiger partial charge in [-0.05, 0) is 11.5 Å². The van der Waals surface area contributed by atoms with Crippen LogP contribution in [0.25, 0.3) is 0 Å². The van der Waals surface area contributed by atoms with Gasteiger partial charge in [-0.1, -0.05) is 55.1 Å². The minimum atomic E-state index is -0.0812. The lowest BCUT2D eigenvalue weighted by Gasteiger charge is -2.08. The first kappa shape index (κ1) is 16.3. The number of hydrogen-bond donors (Lipinski definition) is 1. The summed E-state index contributed by atoms with van der Waals surface area (Å²) in [5.74, 6) is 1.06. The number of amides is 1. The Morgan fingerprint density at radius 1 is 1.41 bits per heavy atom. The first-order chi connectivity index (χ1) is 10.7. The van der Waals surface area contributed by atoms with Crippen molar-refractivity contribution in [2.24, 2.45) is 0 Å². The Morgan fingerprint density at radius 2 is 2.18 bits per heavy atom. The van der Waals surface area contributed by atoms with E-state index in [9.17, 15) is 4.79 Å². The van der Waals surface area contributed by atoms with Crippen LogP contribution in [0.5, 0.6) is 0 Å². The van der Waals surface area contributed by atoms with Gasteiger partial charge in [0.05, 0.1) is 5.75 Å². The molecule has 0 aliphatic carbocycles. The number of benzene rings is 1. The molecule has 0 spiro atoms. The van der Waals surface area contributed by atoms with Gasteiger partial charge >= 0.3 is 0 Å². The molecule has 1 N–H and O–H groups in total. The molecule has 0 saturated carbocycles. The maximum Gasteiger partial charge on any atom is 0.277 e. The maximum absolute atomic E-state index is 11.5. The van der Waals surface area contributed by atoms with Gasteiger partial charge in [0.15, 0.2) is 0 Å². The van der Waals surface area contributed by atoms with E-state index in [0.29, 0.717) is 30.0 Å². The Kier molecular flexibility index (Phi) is 6.21. The average molecular weight is 317 g/mol. The molecule has 1 aromatic carbocycles. The highest BCUT2D eigenvalue weighted by Crippen LogP contribution is 2.22. The molecular weight excluding hydrogens is 298 g/mol. The van der Waals surface area contributed by atoms with Crippen LogP contribution in [-0.2, 0) is 11.2 Å². The summed E-state index contributed by atoms with van der Waals surface area (Å²) in [6.07, 6.45) is 2.32. The van der Waals surface area contributed by atoms with Crippen LogP contribution in [0.3, 0.4) is 0 Å². The first-order valence-electron chi connectivity index (χ1n) is 7.06. The van der Waals surface area contributed by atoms with Crippen molar-refractivity contribution < 1.29 is 9.21 Å². The Morgan fingerprint density at radius 3 is 2.91 bits per heavy atom. The minimum absolute atomic E-state index is 0.0812. The van der Waals surface area contributed by atoms with E-state index in [1.807, 2.05) is 18.2 Å². The van der Waals surface area contributed by atoms with Gasteiger partial charge < -0.3 is 9.73 Å². The van der Waals surface area contributed by atoms with Crippen LogP contribution in [0.4, 0.5) is 0 Å². The minimum Gasteiger partial charge on any atom is -0.416 e. The third kappa shape index (κ3) is 5.04. The number of carbonyl (C=O) groups excluding carboxylic acids is 1. The third-order valence-corrected chi connectivity index (χ3v) is 3.89. The summed E-state index contributed by atoms with van der Waals surface area (Å²) in [6, 6.07) is 10.2. The van der Waals surface area contributed by atoms with E-state index >= 15 is 0 Å². The van der Waals surface area contributed by atoms with E-state index in [-0.39, 0.29) is 11.7 Å². The largest absolute Gasteiger partial charge is 0.416 e. The number of nitrogens with zero attached hydrogens (tertiary/aromatic N) is 2. The summed E-state index contributed by atoms with van der Waals surface area (Å²) < 4.78 is 5.57. The fraction of sp³-hybridized carbons (Fsp3) is 0.312. The van der Waals surface area contributed by atoms with Crippen molar-refractivity contribution in [1.82, 2.24) is 15.5 Å². The molecule has 1 heterocycles. The highest BCUT2D eigenvalue weighted by Gasteiger charge is 2.13. The van der Waals surface area contributed by atoms with Gasteiger partial charge in [-0.15, -0.1) is 16.8 Å². The molecule has 22 heavy (non-hydrogen) atoms. The molecule has 5 nitrogen and oxygen atoms in total. The quantitative estimate of drug-likeness (QED) is 0.599. The monoisotopic (exact) mass is 317 g/mol. The second-order valence-corrected chi connectivity index (χ2v) is 5.79. The summed E-state index contributed by atoms with van der Waals surface area (Å²) in [4.78, 5) is 11.5. The first-order valence-corrected chi connectivity index (χ1v) is 8.05. The zero-order chi connectivity index (χ0) is 15.8. The molecule has 1 atom stereocenters. The fourth-order valence-electron chi connectivity index (χ4n) is 1.90. The summed E-state index contributed by atoms with van der Waals surface area (Å²) in [5, 5.41) is 11.1. The molecule has 6 heteroatoms. The van der Waals surface area contributed by atoms with Crippen molar-refractivity contribution in [2.75, 3.05) is 12.3 Å². The van der Waals surface area contributed by atoms with Crippen LogP contribution < -0.4 is 5.32 Å². The molecule has 0 aliphatic rings. The van der Waals surface area contributed by atoms with Gasteiger partial charge in [-0.2, -0.15) is 0 Å². The second-order valence-electron chi connectivity index (χ2n) is 4.86. The van der Waals surface area contributed by atoms with E-state index in [1.165, 1.54) is 17.3 Å². The van der Waals surface area contributed by atoms with Crippen molar-refractivity contribution >= 4 is 17.7 Å². The van der Waals surface area contributed by atoms with E-state index in [0.717, 1.165) is 0 Å². The van der Waals surface area contributed by atoms with Gasteiger partial charge in [0.2, 0.25) is 11.8 Å². The summed E-state index contributed by atoms with van der Waals surface area (Å²) in [7, 11) is 0. The lowest BCUT2D eigenvalue weighted by atomic mass is 9.98. The predicted octanol–water partition coefficient (Wildman–Crippen LogP) is 2.81. The maximum atomic E-state index is 11.5. The normalized spacial score (nSPS) is 11.9. The Hall–Kier alpha value is -2.08. The molecule has 0 saturated heterocycles. The molecule has 2 rings (SSSR count). The van der Waals surface area contributed by atoms with Crippen molar-refractivity contribution in [1.29, 1.82) is 0 Å². The Bertz CT molecular complexity index is 613. The van der Waals surface area contributed by atoms with Crippen LogP contribution in [0.2, 0.25) is 0 Å². The SMILES string of the molecule is C=CCNC(=O)CSc1nnc(CC(C)c2ccccc2)o1. The molecule has 1 aromatic heterocycles. The second kappa shape index (κ2) is 8.38. The van der Waals surface area contributed by atoms with Crippen molar-refractivity contribution in [3.8, 4) is 0 Å². The van der Waals surface area contributed by atoms with E-state index in [2.05, 4.69) is 41.1 Å². The van der Waals surface area contributed by atoms with Crippen LogP contribution >= 0.6 is 11.8 Å². The molecule has 0 aliphatic heterocycles. The topological polar surface area (TPSA) is 68.0 Å². The molecule has 0 bridgehead atoms. The average Bonchev–Trinajstić information content (AvgIpc) is 2.99. The van der Waals surface area contributed by atoms with Crippen molar-refractivity contribution in [2.45, 2.75) is 24.5 Å². The lowest BCUT2D eigenvalue weighted by Crippen LogP contribution is -2.24. The van der Waals surface area contributed by atoms with Gasteiger partial charge in [-0.3, -0.25) is 4.79 Å². The van der Waals surface area contributed by atoms with Gasteiger partial charge in [0.1, 0.15) is 0 Å². The molecule has 116 valence electrons. The Balaban J connectivity index is 1.83. The van der Waals surface area contributed by atoms with Crippen molar-refractivity contribution in [3.63, 3.8) is 0 Å². The summed E-state index contributed by atoms with van der Waals surface area (Å²) in [6.45, 7) is 6.13. The smallest absolute Gasteiger partial charge is 0.277 e. The molecule has 0 fully saturated rings. The zero-order valence-corrected chi connectivity index (χ0v) is 13.3. The van der Waals surface area contributed by atoms with Crippen LogP contribution in [-0.4, -0.2) is 28.4 Å². The van der Waals surface area contributed by atoms with Gasteiger partial charge in [-0.25, -0.2) is 0 Å². The number of thioether (sulfide) groups is 1. The number of nitrogens with one attached hydrogen (secondary N) is 1. The summed E-state index contributed by atoms with van der Waals surface area (Å²) >= 11 is 1.24. The van der Waals surface area contributed by atoms with Crippen molar-refractivity contribution in [3.05, 3.63) is 54.4 Å². The molecule has 1 amide bonds. The summed E-state index contributed by atoms with van der Waals surface area (Å²) in [5.41, 5.74) is 1.23. The molecule has 2 aromatic rings. The number of rotatable bonds is 8. The third-order valence-electron chi connectivity index (χ3n) is 3.07. The lowest BCUT2D eigenvalue weighted by molar-refractivity contribution is -0.118. The van der Waals surface area contributed by atoms with Gasteiger partial charge in [0.25, 0.3) is 5.22 Å². The number of carbonyl (C=O) groups is 1. The fourth-order valence-corrected chi connectivity index (χ4v) is 2.52. The standard InChI is InChI=1S/C16H19N3O2S/c1-3-9-17-14(20)11-22-16-19-18-15(21-16)10-12(2)13-7-5-4-6-8-13/h3-8,12H,1,9-11H2,2H3,(H,17,20). The van der Waals surface area contributed by atoms with E-state index in [4.69, 9.17) is 4.42 Å². The number of hydrogen-bond acceptors (Lipinski definition) is 5. The zero-order valence-electron chi connectivity index (χ0n) is 12.5. The van der Waals surface area contributed by atoms with Crippen LogP contribution in [0.1, 0.15) is 24.3 Å². The molecule has 1 unspecified atom stereocenters. The van der Waals surface area contributed by atoms with E-state index in [1.54, 1.807) is 6.08 Å². The predicted molar refractivity (Wildman–Crippen MR) is 86.8 cm³/mol. The van der Waals surface area contributed by atoms with Crippen LogP contribution in [0.15, 0.2) is 52.6 Å². The Labute approximate surface area is 134 Å². The van der Waals surface area contributed by atoms with Gasteiger partial charge in [0, 0.05) is 13.0 Å². The molecular formula is C16H19N3O2S. The highest BCUT2D eigenvalue weighted by atomic mass is 32.2. The number of aromatic nitrogens is 2. The molecule has 0 radical (unpaired) electrons. The van der Waals surface area contributed by atoms with Crippen LogP contribution in [0, 0.1) is 0 Å². The highest BCUT2D eigenvalue weighted by molar-refractivity contribution is 7.99. The van der Waals surface area contributed by atoms with E-state index < -0.39 is 0 Å².